The molecule has 0 saturated heterocycles. The number of halogens is 3. The van der Waals surface area contributed by atoms with Crippen molar-refractivity contribution in [3.8, 4) is 0 Å². The van der Waals surface area contributed by atoms with Crippen LogP contribution in [0.5, 0.6) is 0 Å². The molecule has 0 aromatic heterocycles. The molecule has 35 heavy (non-hydrogen) atoms. The fraction of sp³-hybridized carbons (Fsp3) is 0.929. The molecule has 0 aromatic rings. The summed E-state index contributed by atoms with van der Waals surface area (Å²) in [5.74, 6) is 4.38. The predicted molar refractivity (Wildman–Crippen MR) is 133 cm³/mol. The van der Waals surface area contributed by atoms with Gasteiger partial charge in [-0.25, -0.2) is 0 Å². The first kappa shape index (κ1) is 27.3. The molecule has 0 aliphatic heterocycles. The summed E-state index contributed by atoms with van der Waals surface area (Å²) < 4.78 is 66.1. The molecule has 3 fully saturated rings. The molecule has 3 nitrogen and oxygen atoms in total. The van der Waals surface area contributed by atoms with E-state index in [9.17, 15) is 21.6 Å². The molecule has 0 aromatic carbocycles. The number of hydrogen-bond donors (Lipinski definition) is 0. The lowest BCUT2D eigenvalue weighted by atomic mass is 9.45. The van der Waals surface area contributed by atoms with Crippen LogP contribution in [0.4, 0.5) is 13.2 Å². The Labute approximate surface area is 210 Å². The van der Waals surface area contributed by atoms with Gasteiger partial charge in [0.2, 0.25) is 0 Å². The standard InChI is InChI=1S/C28H45F3O3S/c1-18(2)7-6-8-19(3)23-11-12-24-22-10-9-20-17-21(34-35(32,33)28(29,30)31)13-15-26(20,4)25(22)14-16-27(23,24)5/h17-20,22-25H,6-16H2,1-5H3. The fourth-order valence-electron chi connectivity index (χ4n) is 9.11. The van der Waals surface area contributed by atoms with E-state index in [4.69, 9.17) is 0 Å². The number of hydrogen-bond acceptors (Lipinski definition) is 3. The van der Waals surface area contributed by atoms with Crippen LogP contribution in [0.2, 0.25) is 0 Å². The second-order valence-corrected chi connectivity index (χ2v) is 14.8. The van der Waals surface area contributed by atoms with Gasteiger partial charge in [0.25, 0.3) is 0 Å². The maximum atomic E-state index is 12.8. The summed E-state index contributed by atoms with van der Waals surface area (Å²) in [5.41, 5.74) is -4.97. The molecule has 4 rings (SSSR count). The summed E-state index contributed by atoms with van der Waals surface area (Å²) in [6.45, 7) is 12.0. The number of alkyl halides is 3. The highest BCUT2D eigenvalue weighted by Gasteiger charge is 2.60. The lowest BCUT2D eigenvalue weighted by Crippen LogP contribution is -2.52. The van der Waals surface area contributed by atoms with E-state index in [1.165, 1.54) is 44.9 Å². The lowest BCUT2D eigenvalue weighted by molar-refractivity contribution is -0.0980. The first-order valence-corrected chi connectivity index (χ1v) is 15.3. The Bertz CT molecular complexity index is 911. The topological polar surface area (TPSA) is 43.4 Å². The lowest BCUT2D eigenvalue weighted by Gasteiger charge is -2.60. The smallest absolute Gasteiger partial charge is 0.381 e. The fourth-order valence-corrected chi connectivity index (χ4v) is 9.63. The van der Waals surface area contributed by atoms with Gasteiger partial charge in [0, 0.05) is 6.42 Å². The Morgan fingerprint density at radius 1 is 0.971 bits per heavy atom. The van der Waals surface area contributed by atoms with Crippen molar-refractivity contribution < 1.29 is 25.8 Å². The van der Waals surface area contributed by atoms with Gasteiger partial charge in [-0.1, -0.05) is 53.9 Å². The van der Waals surface area contributed by atoms with E-state index >= 15 is 0 Å². The number of rotatable bonds is 7. The third-order valence-corrected chi connectivity index (χ3v) is 11.9. The van der Waals surface area contributed by atoms with E-state index in [0.29, 0.717) is 23.7 Å². The molecule has 8 unspecified atom stereocenters. The third kappa shape index (κ3) is 4.93. The minimum absolute atomic E-state index is 0.0138. The van der Waals surface area contributed by atoms with Crippen LogP contribution >= 0.6 is 0 Å². The molecule has 0 bridgehead atoms. The minimum atomic E-state index is -5.59. The first-order chi connectivity index (χ1) is 16.2. The molecule has 0 amide bonds. The average Bonchev–Trinajstić information content (AvgIpc) is 3.10. The Morgan fingerprint density at radius 2 is 1.66 bits per heavy atom. The minimum Gasteiger partial charge on any atom is -0.381 e. The summed E-state index contributed by atoms with van der Waals surface area (Å²) in [7, 11) is -5.59. The molecule has 202 valence electrons. The second kappa shape index (κ2) is 9.54. The van der Waals surface area contributed by atoms with Gasteiger partial charge in [-0.15, -0.1) is 0 Å². The highest BCUT2D eigenvalue weighted by molar-refractivity contribution is 7.87. The number of fused-ring (bicyclic) bond motifs is 5. The molecule has 8 atom stereocenters. The van der Waals surface area contributed by atoms with Crippen LogP contribution in [0.3, 0.4) is 0 Å². The van der Waals surface area contributed by atoms with Crippen molar-refractivity contribution in [3.63, 3.8) is 0 Å². The van der Waals surface area contributed by atoms with Crippen LogP contribution in [0, 0.1) is 52.3 Å². The van der Waals surface area contributed by atoms with Crippen LogP contribution in [0.25, 0.3) is 0 Å². The molecular weight excluding hydrogens is 473 g/mol. The van der Waals surface area contributed by atoms with Gasteiger partial charge < -0.3 is 4.18 Å². The maximum absolute atomic E-state index is 12.8. The first-order valence-electron chi connectivity index (χ1n) is 13.9. The van der Waals surface area contributed by atoms with Gasteiger partial charge in [-0.05, 0) is 103 Å². The van der Waals surface area contributed by atoms with Crippen molar-refractivity contribution in [1.29, 1.82) is 0 Å². The third-order valence-electron chi connectivity index (χ3n) is 10.9. The van der Waals surface area contributed by atoms with Crippen molar-refractivity contribution in [2.24, 2.45) is 52.3 Å². The van der Waals surface area contributed by atoms with Gasteiger partial charge in [-0.2, -0.15) is 21.6 Å². The molecule has 0 radical (unpaired) electrons. The number of allylic oxidation sites excluding steroid dienone is 2. The van der Waals surface area contributed by atoms with Gasteiger partial charge in [0.05, 0.1) is 0 Å². The van der Waals surface area contributed by atoms with Crippen LogP contribution in [-0.2, 0) is 14.3 Å². The summed E-state index contributed by atoms with van der Waals surface area (Å²) in [6, 6.07) is 0. The monoisotopic (exact) mass is 518 g/mol. The van der Waals surface area contributed by atoms with Gasteiger partial charge in [0.15, 0.2) is 0 Å². The van der Waals surface area contributed by atoms with E-state index in [-0.39, 0.29) is 23.5 Å². The zero-order valence-electron chi connectivity index (χ0n) is 22.2. The largest absolute Gasteiger partial charge is 0.534 e. The molecule has 0 N–H and O–H groups in total. The van der Waals surface area contributed by atoms with Crippen LogP contribution < -0.4 is 0 Å². The van der Waals surface area contributed by atoms with E-state index < -0.39 is 15.6 Å². The molecule has 0 spiro atoms. The van der Waals surface area contributed by atoms with Gasteiger partial charge >= 0.3 is 15.6 Å². The Morgan fingerprint density at radius 3 is 2.31 bits per heavy atom. The summed E-state index contributed by atoms with van der Waals surface area (Å²) >= 11 is 0. The Kier molecular flexibility index (Phi) is 7.45. The highest BCUT2D eigenvalue weighted by atomic mass is 32.2. The van der Waals surface area contributed by atoms with Crippen LogP contribution in [0.1, 0.15) is 105 Å². The van der Waals surface area contributed by atoms with Crippen LogP contribution in [-0.4, -0.2) is 13.9 Å². The molecule has 4 aliphatic rings. The maximum Gasteiger partial charge on any atom is 0.534 e. The zero-order chi connectivity index (χ0) is 25.8. The molecular formula is C28H45F3O3S. The SMILES string of the molecule is CC(C)CCCC(C)C1CCC2C3CCC4C=C(OS(=O)(=O)C(F)(F)F)CCC4(C)C3CCC12C. The van der Waals surface area contributed by atoms with Crippen molar-refractivity contribution >= 4 is 10.1 Å². The Balaban J connectivity index is 1.46. The van der Waals surface area contributed by atoms with Crippen molar-refractivity contribution in [3.05, 3.63) is 11.8 Å². The van der Waals surface area contributed by atoms with Crippen molar-refractivity contribution in [1.82, 2.24) is 0 Å². The summed E-state index contributed by atoms with van der Waals surface area (Å²) in [4.78, 5) is 0. The van der Waals surface area contributed by atoms with Crippen molar-refractivity contribution in [2.45, 2.75) is 111 Å². The second-order valence-electron chi connectivity index (χ2n) is 13.2. The predicted octanol–water partition coefficient (Wildman–Crippen LogP) is 8.47. The van der Waals surface area contributed by atoms with E-state index in [1.54, 1.807) is 6.08 Å². The Hall–Kier alpha value is -0.720. The molecule has 7 heteroatoms. The van der Waals surface area contributed by atoms with Gasteiger partial charge in [-0.3, -0.25) is 0 Å². The van der Waals surface area contributed by atoms with Crippen LogP contribution in [0.15, 0.2) is 11.8 Å². The summed E-state index contributed by atoms with van der Waals surface area (Å²) in [6.07, 6.45) is 13.7. The highest BCUT2D eigenvalue weighted by Crippen LogP contribution is 2.68. The molecule has 3 saturated carbocycles. The zero-order valence-corrected chi connectivity index (χ0v) is 23.0. The molecule has 0 heterocycles. The van der Waals surface area contributed by atoms with Gasteiger partial charge in [0.1, 0.15) is 5.76 Å². The van der Waals surface area contributed by atoms with E-state index in [0.717, 1.165) is 36.5 Å². The summed E-state index contributed by atoms with van der Waals surface area (Å²) in [5, 5.41) is 0. The molecule has 4 aliphatic carbocycles. The average molecular weight is 519 g/mol. The van der Waals surface area contributed by atoms with E-state index in [1.807, 2.05) is 0 Å². The van der Waals surface area contributed by atoms with Crippen molar-refractivity contribution in [2.75, 3.05) is 0 Å². The van der Waals surface area contributed by atoms with E-state index in [2.05, 4.69) is 38.8 Å². The normalized spacial score (nSPS) is 40.5. The quantitative estimate of drug-likeness (QED) is 0.251.